The third-order valence-electron chi connectivity index (χ3n) is 2.17. The minimum atomic E-state index is 0.649. The van der Waals surface area contributed by atoms with Gasteiger partial charge in [0.1, 0.15) is 0 Å². The lowest BCUT2D eigenvalue weighted by Crippen LogP contribution is -1.76. The first-order chi connectivity index (χ1) is 7.31. The molecule has 0 saturated carbocycles. The Morgan fingerprint density at radius 1 is 0.933 bits per heavy atom. The SMILES string of the molecule is [C-]#[N+]c1cc(-c2ccccc2)ccc1Br. The minimum Gasteiger partial charge on any atom is -0.237 e. The van der Waals surface area contributed by atoms with Crippen molar-refractivity contribution in [2.24, 2.45) is 0 Å². The van der Waals surface area contributed by atoms with Crippen molar-refractivity contribution >= 4 is 21.6 Å². The molecular formula is C13H8BrN. The molecule has 0 aliphatic heterocycles. The molecule has 0 heterocycles. The lowest BCUT2D eigenvalue weighted by atomic mass is 10.1. The van der Waals surface area contributed by atoms with E-state index in [4.69, 9.17) is 6.57 Å². The largest absolute Gasteiger partial charge is 0.237 e. The van der Waals surface area contributed by atoms with Crippen LogP contribution < -0.4 is 0 Å². The highest BCUT2D eigenvalue weighted by atomic mass is 79.9. The van der Waals surface area contributed by atoms with E-state index in [1.807, 2.05) is 48.5 Å². The lowest BCUT2D eigenvalue weighted by molar-refractivity contribution is 1.60. The van der Waals surface area contributed by atoms with Gasteiger partial charge in [-0.15, -0.1) is 0 Å². The standard InChI is InChI=1S/C13H8BrN/c1-15-13-9-11(7-8-12(13)14)10-5-3-2-4-6-10/h2-9H. The summed E-state index contributed by atoms with van der Waals surface area (Å²) in [5.41, 5.74) is 2.86. The molecule has 2 heteroatoms. The van der Waals surface area contributed by atoms with Gasteiger partial charge in [-0.2, -0.15) is 0 Å². The van der Waals surface area contributed by atoms with Crippen molar-refractivity contribution in [1.82, 2.24) is 0 Å². The van der Waals surface area contributed by atoms with E-state index in [1.165, 1.54) is 0 Å². The summed E-state index contributed by atoms with van der Waals surface area (Å²) >= 11 is 3.35. The molecule has 0 unspecified atom stereocenters. The Morgan fingerprint density at radius 2 is 1.67 bits per heavy atom. The first-order valence-electron chi connectivity index (χ1n) is 4.53. The summed E-state index contributed by atoms with van der Waals surface area (Å²) < 4.78 is 0.845. The Morgan fingerprint density at radius 3 is 2.33 bits per heavy atom. The van der Waals surface area contributed by atoms with E-state index in [0.29, 0.717) is 5.69 Å². The maximum atomic E-state index is 7.04. The third kappa shape index (κ3) is 2.08. The van der Waals surface area contributed by atoms with Crippen molar-refractivity contribution in [1.29, 1.82) is 0 Å². The normalized spacial score (nSPS) is 9.60. The number of nitrogens with zero attached hydrogens (tertiary/aromatic N) is 1. The minimum absolute atomic E-state index is 0.649. The highest BCUT2D eigenvalue weighted by Crippen LogP contribution is 2.30. The fourth-order valence-electron chi connectivity index (χ4n) is 1.41. The summed E-state index contributed by atoms with van der Waals surface area (Å²) in [6.07, 6.45) is 0. The van der Waals surface area contributed by atoms with Crippen LogP contribution in [0.25, 0.3) is 16.0 Å². The van der Waals surface area contributed by atoms with Crippen LogP contribution in [0.4, 0.5) is 5.69 Å². The van der Waals surface area contributed by atoms with Gasteiger partial charge < -0.3 is 0 Å². The molecule has 0 aromatic heterocycles. The molecule has 0 bridgehead atoms. The van der Waals surface area contributed by atoms with E-state index in [-0.39, 0.29) is 0 Å². The summed E-state index contributed by atoms with van der Waals surface area (Å²) in [4.78, 5) is 3.46. The zero-order valence-electron chi connectivity index (χ0n) is 7.94. The molecule has 15 heavy (non-hydrogen) atoms. The van der Waals surface area contributed by atoms with Gasteiger partial charge in [0, 0.05) is 4.47 Å². The van der Waals surface area contributed by atoms with Crippen LogP contribution in [-0.2, 0) is 0 Å². The Kier molecular flexibility index (Phi) is 2.84. The van der Waals surface area contributed by atoms with Crippen LogP contribution in [0.2, 0.25) is 0 Å². The first-order valence-corrected chi connectivity index (χ1v) is 5.33. The van der Waals surface area contributed by atoms with Gasteiger partial charge >= 0.3 is 0 Å². The van der Waals surface area contributed by atoms with E-state index in [0.717, 1.165) is 15.6 Å². The predicted octanol–water partition coefficient (Wildman–Crippen LogP) is 4.67. The second-order valence-corrected chi connectivity index (χ2v) is 4.00. The van der Waals surface area contributed by atoms with Crippen molar-refractivity contribution < 1.29 is 0 Å². The van der Waals surface area contributed by atoms with Gasteiger partial charge in [0.05, 0.1) is 6.57 Å². The average Bonchev–Trinajstić information content (AvgIpc) is 2.31. The van der Waals surface area contributed by atoms with E-state index in [1.54, 1.807) is 0 Å². The number of benzene rings is 2. The second kappa shape index (κ2) is 4.29. The molecule has 0 fully saturated rings. The molecule has 2 rings (SSSR count). The van der Waals surface area contributed by atoms with Gasteiger partial charge in [0.2, 0.25) is 5.69 Å². The van der Waals surface area contributed by atoms with Gasteiger partial charge in [-0.3, -0.25) is 0 Å². The molecule has 0 radical (unpaired) electrons. The molecule has 0 spiro atoms. The highest BCUT2D eigenvalue weighted by molar-refractivity contribution is 9.10. The molecule has 0 aliphatic rings. The summed E-state index contributed by atoms with van der Waals surface area (Å²) in [6.45, 7) is 7.04. The summed E-state index contributed by atoms with van der Waals surface area (Å²) in [5.74, 6) is 0. The van der Waals surface area contributed by atoms with Crippen LogP contribution in [0.1, 0.15) is 0 Å². The number of halogens is 1. The summed E-state index contributed by atoms with van der Waals surface area (Å²) in [7, 11) is 0. The zero-order chi connectivity index (χ0) is 10.7. The third-order valence-corrected chi connectivity index (χ3v) is 2.84. The number of hydrogen-bond donors (Lipinski definition) is 0. The quantitative estimate of drug-likeness (QED) is 0.655. The molecule has 72 valence electrons. The highest BCUT2D eigenvalue weighted by Gasteiger charge is 2.02. The molecule has 2 aromatic carbocycles. The van der Waals surface area contributed by atoms with Crippen LogP contribution >= 0.6 is 15.9 Å². The average molecular weight is 258 g/mol. The fraction of sp³-hybridized carbons (Fsp3) is 0. The van der Waals surface area contributed by atoms with Crippen molar-refractivity contribution in [3.8, 4) is 11.1 Å². The smallest absolute Gasteiger partial charge is 0.201 e. The van der Waals surface area contributed by atoms with E-state index >= 15 is 0 Å². The van der Waals surface area contributed by atoms with Crippen molar-refractivity contribution in [3.05, 3.63) is 64.4 Å². The fourth-order valence-corrected chi connectivity index (χ4v) is 1.74. The van der Waals surface area contributed by atoms with Gasteiger partial charge in [0.15, 0.2) is 0 Å². The van der Waals surface area contributed by atoms with E-state index in [2.05, 4.69) is 20.8 Å². The molecule has 0 atom stereocenters. The molecule has 0 N–H and O–H groups in total. The van der Waals surface area contributed by atoms with E-state index < -0.39 is 0 Å². The van der Waals surface area contributed by atoms with E-state index in [9.17, 15) is 0 Å². The molecular weight excluding hydrogens is 250 g/mol. The summed E-state index contributed by atoms with van der Waals surface area (Å²) in [6, 6.07) is 15.9. The van der Waals surface area contributed by atoms with Crippen molar-refractivity contribution in [2.75, 3.05) is 0 Å². The Labute approximate surface area is 97.3 Å². The Balaban J connectivity index is 2.52. The molecule has 0 amide bonds. The van der Waals surface area contributed by atoms with Crippen LogP contribution in [0.3, 0.4) is 0 Å². The number of rotatable bonds is 1. The van der Waals surface area contributed by atoms with Gasteiger partial charge in [-0.25, -0.2) is 4.85 Å². The molecule has 1 nitrogen and oxygen atoms in total. The lowest BCUT2D eigenvalue weighted by Gasteiger charge is -2.02. The van der Waals surface area contributed by atoms with Crippen LogP contribution in [0.15, 0.2) is 53.0 Å². The Bertz CT molecular complexity index is 512. The zero-order valence-corrected chi connectivity index (χ0v) is 9.53. The second-order valence-electron chi connectivity index (χ2n) is 3.14. The monoisotopic (exact) mass is 257 g/mol. The van der Waals surface area contributed by atoms with Crippen LogP contribution in [0, 0.1) is 6.57 Å². The maximum absolute atomic E-state index is 7.04. The van der Waals surface area contributed by atoms with Gasteiger partial charge in [-0.05, 0) is 17.2 Å². The van der Waals surface area contributed by atoms with Gasteiger partial charge in [-0.1, -0.05) is 58.4 Å². The molecule has 0 aliphatic carbocycles. The topological polar surface area (TPSA) is 4.36 Å². The predicted molar refractivity (Wildman–Crippen MR) is 65.8 cm³/mol. The number of hydrogen-bond acceptors (Lipinski definition) is 0. The van der Waals surface area contributed by atoms with Crippen molar-refractivity contribution in [2.45, 2.75) is 0 Å². The van der Waals surface area contributed by atoms with Gasteiger partial charge in [0.25, 0.3) is 0 Å². The maximum Gasteiger partial charge on any atom is 0.201 e. The summed E-state index contributed by atoms with van der Waals surface area (Å²) in [5, 5.41) is 0. The van der Waals surface area contributed by atoms with Crippen LogP contribution in [0.5, 0.6) is 0 Å². The van der Waals surface area contributed by atoms with Crippen molar-refractivity contribution in [3.63, 3.8) is 0 Å². The Hall–Kier alpha value is -1.59. The first kappa shape index (κ1) is 9.95. The molecule has 2 aromatic rings. The molecule has 0 saturated heterocycles. The van der Waals surface area contributed by atoms with Crippen LogP contribution in [-0.4, -0.2) is 0 Å².